The minimum atomic E-state index is -3.83. The Balaban J connectivity index is 2.12. The van der Waals surface area contributed by atoms with Gasteiger partial charge in [-0.1, -0.05) is 0 Å². The second-order valence-corrected chi connectivity index (χ2v) is 19.3. The van der Waals surface area contributed by atoms with E-state index >= 15 is 0 Å². The molecule has 1 aliphatic heterocycles. The van der Waals surface area contributed by atoms with E-state index in [0.29, 0.717) is 4.29 Å². The Morgan fingerprint density at radius 3 is 1.57 bits per heavy atom. The van der Waals surface area contributed by atoms with Crippen molar-refractivity contribution in [2.45, 2.75) is 61.5 Å². The molecule has 0 spiro atoms. The zero-order valence-electron chi connectivity index (χ0n) is 23.1. The van der Waals surface area contributed by atoms with Crippen molar-refractivity contribution < 1.29 is 16.6 Å². The fourth-order valence-electron chi connectivity index (χ4n) is 4.76. The second kappa shape index (κ2) is 11.1. The van der Waals surface area contributed by atoms with Gasteiger partial charge in [-0.2, -0.15) is 0 Å². The van der Waals surface area contributed by atoms with Crippen molar-refractivity contribution in [2.75, 3.05) is 22.9 Å². The third-order valence-electron chi connectivity index (χ3n) is 6.92. The maximum atomic E-state index is 7.68. The molecule has 0 unspecified atom stereocenters. The van der Waals surface area contributed by atoms with Crippen LogP contribution in [-0.2, 0) is 16.6 Å². The molecule has 3 nitrogen and oxygen atoms in total. The predicted octanol–water partition coefficient (Wildman–Crippen LogP) is 8.02. The van der Waals surface area contributed by atoms with Crippen LogP contribution in [-0.4, -0.2) is 27.8 Å². The minimum absolute atomic E-state index is 0.0522. The van der Waals surface area contributed by atoms with Crippen molar-refractivity contribution in [3.05, 3.63) is 93.5 Å². The van der Waals surface area contributed by atoms with E-state index in [1.807, 2.05) is 44.2 Å². The Bertz CT molecular complexity index is 1380. The molecule has 0 aromatic heterocycles. The van der Waals surface area contributed by atoms with Crippen LogP contribution in [0.2, 0.25) is 0 Å². The summed E-state index contributed by atoms with van der Waals surface area (Å²) in [6.45, 7) is 18.7. The number of anilines is 2. The molecule has 3 aromatic rings. The number of halogens is 2. The third-order valence-corrected chi connectivity index (χ3v) is 13.4. The topological polar surface area (TPSA) is 15.7 Å². The normalized spacial score (nSPS) is 14.6. The molecule has 0 N–H and O–H groups in total. The van der Waals surface area contributed by atoms with E-state index in [2.05, 4.69) is 75.6 Å². The summed E-state index contributed by atoms with van der Waals surface area (Å²) < 4.78 is 8.16. The first-order valence-electron chi connectivity index (χ1n) is 12.7. The van der Waals surface area contributed by atoms with Gasteiger partial charge in [0.25, 0.3) is 0 Å². The molecule has 0 saturated carbocycles. The number of hydrogen-bond acceptors (Lipinski definition) is 3. The van der Waals surface area contributed by atoms with E-state index in [9.17, 15) is 0 Å². The van der Waals surface area contributed by atoms with Crippen molar-refractivity contribution in [3.63, 3.8) is 0 Å². The molecule has 0 aliphatic carbocycles. The van der Waals surface area contributed by atoms with Crippen LogP contribution in [0.5, 0.6) is 0 Å². The van der Waals surface area contributed by atoms with Gasteiger partial charge in [-0.05, 0) is 0 Å². The van der Waals surface area contributed by atoms with Gasteiger partial charge in [0.05, 0.1) is 0 Å². The molecule has 3 aromatic carbocycles. The fraction of sp³-hybridized carbons (Fsp3) is 0.355. The number of benzene rings is 3. The molecular formula is C31H38Cl2N2ORu. The van der Waals surface area contributed by atoms with Gasteiger partial charge in [0.15, 0.2) is 0 Å². The fourth-order valence-corrected chi connectivity index (χ4v) is 11.7. The van der Waals surface area contributed by atoms with Gasteiger partial charge in [-0.15, -0.1) is 0 Å². The molecule has 1 saturated heterocycles. The van der Waals surface area contributed by atoms with Gasteiger partial charge in [0.1, 0.15) is 0 Å². The van der Waals surface area contributed by atoms with Crippen LogP contribution in [0.25, 0.3) is 0 Å². The summed E-state index contributed by atoms with van der Waals surface area (Å²) in [4.78, 5) is 4.71. The van der Waals surface area contributed by atoms with Gasteiger partial charge in [-0.25, -0.2) is 0 Å². The third kappa shape index (κ3) is 5.64. The molecule has 37 heavy (non-hydrogen) atoms. The number of rotatable bonds is 5. The summed E-state index contributed by atoms with van der Waals surface area (Å²) in [6.07, 6.45) is -0.0522. The maximum absolute atomic E-state index is 7.68. The Labute approximate surface area is 232 Å². The molecule has 1 fully saturated rings. The summed E-state index contributed by atoms with van der Waals surface area (Å²) in [5, 5.41) is 0. The number of hydrogen-bond donors (Lipinski definition) is 0. The summed E-state index contributed by atoms with van der Waals surface area (Å²) in [5.41, 5.74) is 10.8. The van der Waals surface area contributed by atoms with Gasteiger partial charge in [0, 0.05) is 0 Å². The summed E-state index contributed by atoms with van der Waals surface area (Å²) in [6, 6.07) is 19.2. The van der Waals surface area contributed by atoms with Crippen molar-refractivity contribution >= 4 is 39.4 Å². The van der Waals surface area contributed by atoms with Crippen molar-refractivity contribution in [1.82, 2.24) is 0 Å². The number of aryl methyl sites for hydroxylation is 6. The van der Waals surface area contributed by atoms with Gasteiger partial charge >= 0.3 is 234 Å². The van der Waals surface area contributed by atoms with E-state index < -0.39 is 11.9 Å². The first-order chi connectivity index (χ1) is 17.4. The second-order valence-electron chi connectivity index (χ2n) is 10.2. The molecule has 1 heterocycles. The van der Waals surface area contributed by atoms with E-state index in [0.717, 1.165) is 34.4 Å². The average molecular weight is 627 g/mol. The van der Waals surface area contributed by atoms with Crippen LogP contribution in [0.1, 0.15) is 52.8 Å². The van der Waals surface area contributed by atoms with Gasteiger partial charge < -0.3 is 0 Å². The monoisotopic (exact) mass is 626 g/mol. The molecule has 1 aliphatic rings. The Kier molecular flexibility index (Phi) is 8.46. The number of nitrogens with zero attached hydrogens (tertiary/aromatic N) is 2. The molecule has 0 amide bonds. The van der Waals surface area contributed by atoms with Crippen molar-refractivity contribution in [3.8, 4) is 0 Å². The van der Waals surface area contributed by atoms with E-state index in [1.54, 1.807) is 0 Å². The number of ether oxygens (including phenoxy) is 1. The molecule has 4 rings (SSSR count). The Morgan fingerprint density at radius 2 is 1.14 bits per heavy atom. The van der Waals surface area contributed by atoms with Crippen molar-refractivity contribution in [1.29, 1.82) is 0 Å². The van der Waals surface area contributed by atoms with Gasteiger partial charge in [-0.3, -0.25) is 0 Å². The standard InChI is InChI=1S/C21H26N2.C10H12O.2ClH.Ru/c1-14-9-18(5)20(11-16(14)3)22-7-8-23(13-22)21-12-17(4)15(2)10-19(21)6;1-9(2)11-8-10-6-4-3-5-7-10;;;/h9-12H,7-8H2,1-6H3;3-7,9H,1-2H3;2*1H;/q;;;;+2/p-2. The van der Waals surface area contributed by atoms with Crippen LogP contribution in [0.4, 0.5) is 11.4 Å². The van der Waals surface area contributed by atoms with Gasteiger partial charge in [0.2, 0.25) is 0 Å². The predicted molar refractivity (Wildman–Crippen MR) is 159 cm³/mol. The van der Waals surface area contributed by atoms with E-state index in [-0.39, 0.29) is 6.10 Å². The first-order valence-corrected chi connectivity index (χ1v) is 18.9. The molecule has 0 atom stereocenters. The molecular weight excluding hydrogens is 588 g/mol. The zero-order chi connectivity index (χ0) is 27.1. The van der Waals surface area contributed by atoms with Crippen LogP contribution in [0, 0.1) is 41.5 Å². The van der Waals surface area contributed by atoms with E-state index in [4.69, 9.17) is 24.1 Å². The van der Waals surface area contributed by atoms with Crippen LogP contribution >= 0.6 is 19.4 Å². The molecule has 0 radical (unpaired) electrons. The molecule has 0 bridgehead atoms. The summed E-state index contributed by atoms with van der Waals surface area (Å²) in [7, 11) is 15.4. The Morgan fingerprint density at radius 1 is 0.703 bits per heavy atom. The zero-order valence-corrected chi connectivity index (χ0v) is 26.3. The summed E-state index contributed by atoms with van der Waals surface area (Å²) in [5.74, 6) is 0. The Hall–Kier alpha value is -1.84. The van der Waals surface area contributed by atoms with E-state index in [1.165, 1.54) is 33.4 Å². The van der Waals surface area contributed by atoms with Crippen LogP contribution in [0.3, 0.4) is 0 Å². The quantitative estimate of drug-likeness (QED) is 0.267. The SMILES string of the molecule is Cc1cc(C)c(N2CCN(c3cc(C)c(C)cc3C)[C]2=[Ru]([Cl])([Cl])=[C](OC(C)C)c2ccccc2)cc1C. The van der Waals surface area contributed by atoms with Crippen molar-refractivity contribution in [2.24, 2.45) is 0 Å². The molecule has 6 heteroatoms. The molecule has 200 valence electrons. The van der Waals surface area contributed by atoms with Crippen LogP contribution < -0.4 is 9.80 Å². The first kappa shape index (κ1) is 28.2. The summed E-state index contributed by atoms with van der Waals surface area (Å²) >= 11 is -3.83. The average Bonchev–Trinajstić information content (AvgIpc) is 3.28. The van der Waals surface area contributed by atoms with Crippen LogP contribution in [0.15, 0.2) is 54.6 Å².